The molecule has 6 aromatic rings. The van der Waals surface area contributed by atoms with Gasteiger partial charge in [-0.25, -0.2) is 0 Å². The van der Waals surface area contributed by atoms with E-state index in [1.54, 1.807) is 10.4 Å². The molecular formula is C30H24N2S. The second-order valence-corrected chi connectivity index (χ2v) is 10.3. The van der Waals surface area contributed by atoms with Crippen molar-refractivity contribution in [2.24, 2.45) is 0 Å². The van der Waals surface area contributed by atoms with E-state index in [1.165, 1.54) is 43.1 Å². The molecular weight excluding hydrogens is 420 g/mol. The summed E-state index contributed by atoms with van der Waals surface area (Å²) < 4.78 is 3.86. The van der Waals surface area contributed by atoms with E-state index in [-0.39, 0.29) is 0 Å². The van der Waals surface area contributed by atoms with Gasteiger partial charge in [0.25, 0.3) is 0 Å². The number of aryl methyl sites for hydroxylation is 1. The van der Waals surface area contributed by atoms with Crippen LogP contribution >= 0.6 is 11.3 Å². The van der Waals surface area contributed by atoms with Crippen molar-refractivity contribution in [3.63, 3.8) is 0 Å². The first-order valence-electron chi connectivity index (χ1n) is 11.7. The van der Waals surface area contributed by atoms with Crippen LogP contribution in [-0.2, 0) is 12.8 Å². The van der Waals surface area contributed by atoms with Crippen LogP contribution < -0.4 is 5.73 Å². The third-order valence-corrected chi connectivity index (χ3v) is 8.50. The summed E-state index contributed by atoms with van der Waals surface area (Å²) in [6, 6.07) is 32.8. The van der Waals surface area contributed by atoms with Crippen molar-refractivity contribution >= 4 is 48.9 Å². The number of hydrogen-bond acceptors (Lipinski definition) is 2. The minimum absolute atomic E-state index is 0.462. The van der Waals surface area contributed by atoms with E-state index in [1.807, 2.05) is 11.3 Å². The van der Waals surface area contributed by atoms with Gasteiger partial charge in [-0.3, -0.25) is 0 Å². The Morgan fingerprint density at radius 3 is 2.18 bits per heavy atom. The number of thiophene rings is 1. The van der Waals surface area contributed by atoms with Gasteiger partial charge < -0.3 is 10.3 Å². The molecule has 2 nitrogen and oxygen atoms in total. The Labute approximate surface area is 196 Å². The van der Waals surface area contributed by atoms with Crippen LogP contribution in [0, 0.1) is 0 Å². The van der Waals surface area contributed by atoms with Crippen molar-refractivity contribution in [2.75, 3.05) is 5.73 Å². The zero-order chi connectivity index (χ0) is 21.9. The molecule has 0 fully saturated rings. The molecule has 7 rings (SSSR count). The summed E-state index contributed by atoms with van der Waals surface area (Å²) in [5.41, 5.74) is 13.9. The Bertz CT molecular complexity index is 1620. The summed E-state index contributed by atoms with van der Waals surface area (Å²) in [6.45, 7) is 0. The van der Waals surface area contributed by atoms with Gasteiger partial charge in [-0.05, 0) is 78.1 Å². The van der Waals surface area contributed by atoms with E-state index in [0.29, 0.717) is 5.92 Å². The molecule has 0 saturated carbocycles. The molecule has 2 aromatic heterocycles. The molecule has 2 heterocycles. The molecule has 0 radical (unpaired) electrons. The number of hydrogen-bond donors (Lipinski definition) is 1. The lowest BCUT2D eigenvalue weighted by Gasteiger charge is -2.26. The second-order valence-electron chi connectivity index (χ2n) is 9.13. The van der Waals surface area contributed by atoms with Gasteiger partial charge >= 0.3 is 0 Å². The molecule has 4 aromatic carbocycles. The maximum atomic E-state index is 6.36. The third kappa shape index (κ3) is 2.86. The summed E-state index contributed by atoms with van der Waals surface area (Å²) in [6.07, 6.45) is 3.37. The van der Waals surface area contributed by atoms with Crippen LogP contribution in [0.1, 0.15) is 28.3 Å². The van der Waals surface area contributed by atoms with E-state index in [0.717, 1.165) is 24.9 Å². The summed E-state index contributed by atoms with van der Waals surface area (Å²) >= 11 is 1.97. The lowest BCUT2D eigenvalue weighted by atomic mass is 9.82. The maximum absolute atomic E-state index is 6.36. The van der Waals surface area contributed by atoms with E-state index >= 15 is 0 Å². The number of rotatable bonds is 2. The Balaban J connectivity index is 1.43. The van der Waals surface area contributed by atoms with Crippen LogP contribution in [0.15, 0.2) is 91.0 Å². The first-order chi connectivity index (χ1) is 16.3. The lowest BCUT2D eigenvalue weighted by molar-refractivity contribution is 0.593. The topological polar surface area (TPSA) is 30.9 Å². The van der Waals surface area contributed by atoms with Gasteiger partial charge in [0.1, 0.15) is 0 Å². The van der Waals surface area contributed by atoms with Crippen molar-refractivity contribution < 1.29 is 0 Å². The van der Waals surface area contributed by atoms with Gasteiger partial charge in [0, 0.05) is 31.7 Å². The summed E-state index contributed by atoms with van der Waals surface area (Å²) in [5.74, 6) is 0.462. The molecule has 0 aliphatic heterocycles. The van der Waals surface area contributed by atoms with Crippen molar-refractivity contribution in [1.82, 2.24) is 4.57 Å². The number of para-hydroxylation sites is 2. The number of aromatic nitrogens is 1. The van der Waals surface area contributed by atoms with Crippen LogP contribution in [0.25, 0.3) is 37.6 Å². The predicted molar refractivity (Wildman–Crippen MR) is 142 cm³/mol. The highest BCUT2D eigenvalue weighted by Crippen LogP contribution is 2.44. The van der Waals surface area contributed by atoms with E-state index in [4.69, 9.17) is 5.73 Å². The van der Waals surface area contributed by atoms with Crippen molar-refractivity contribution in [2.45, 2.75) is 25.2 Å². The Morgan fingerprint density at radius 2 is 1.42 bits per heavy atom. The van der Waals surface area contributed by atoms with Gasteiger partial charge in [-0.15, -0.1) is 11.3 Å². The average molecular weight is 445 g/mol. The normalized spacial score (nSPS) is 15.9. The third-order valence-electron chi connectivity index (χ3n) is 7.27. The monoisotopic (exact) mass is 444 g/mol. The molecule has 33 heavy (non-hydrogen) atoms. The molecule has 0 saturated heterocycles. The first-order valence-corrected chi connectivity index (χ1v) is 12.5. The van der Waals surface area contributed by atoms with Crippen LogP contribution in [0.3, 0.4) is 0 Å². The SMILES string of the molecule is Nc1ccc(-n2c3ccccc3c3ccccc32)c(C2CCc3c(sc4ccccc34)C2)c1. The van der Waals surface area contributed by atoms with Crippen LogP contribution in [0.4, 0.5) is 5.69 Å². The molecule has 1 atom stereocenters. The number of nitrogens with two attached hydrogens (primary N) is 1. The zero-order valence-electron chi connectivity index (χ0n) is 18.3. The van der Waals surface area contributed by atoms with Gasteiger partial charge in [-0.2, -0.15) is 0 Å². The summed E-state index contributed by atoms with van der Waals surface area (Å²) in [5, 5.41) is 4.05. The molecule has 3 heteroatoms. The number of nitrogen functional groups attached to an aromatic ring is 1. The fourth-order valence-electron chi connectivity index (χ4n) is 5.78. The van der Waals surface area contributed by atoms with Crippen LogP contribution in [0.2, 0.25) is 0 Å². The number of fused-ring (bicyclic) bond motifs is 6. The highest BCUT2D eigenvalue weighted by molar-refractivity contribution is 7.19. The summed E-state index contributed by atoms with van der Waals surface area (Å²) in [4.78, 5) is 1.54. The maximum Gasteiger partial charge on any atom is 0.0541 e. The Morgan fingerprint density at radius 1 is 0.758 bits per heavy atom. The highest BCUT2D eigenvalue weighted by atomic mass is 32.1. The molecule has 0 spiro atoms. The van der Waals surface area contributed by atoms with Gasteiger partial charge in [0.2, 0.25) is 0 Å². The minimum atomic E-state index is 0.462. The Kier molecular flexibility index (Phi) is 4.15. The van der Waals surface area contributed by atoms with E-state index in [2.05, 4.69) is 95.6 Å². The zero-order valence-corrected chi connectivity index (χ0v) is 19.1. The largest absolute Gasteiger partial charge is 0.399 e. The second kappa shape index (κ2) is 7.23. The van der Waals surface area contributed by atoms with Gasteiger partial charge in [0.15, 0.2) is 0 Å². The molecule has 1 aliphatic rings. The summed E-state index contributed by atoms with van der Waals surface area (Å²) in [7, 11) is 0. The fraction of sp³-hybridized carbons (Fsp3) is 0.133. The number of benzene rings is 4. The molecule has 2 N–H and O–H groups in total. The van der Waals surface area contributed by atoms with Crippen molar-refractivity contribution in [3.8, 4) is 5.69 Å². The molecule has 0 bridgehead atoms. The minimum Gasteiger partial charge on any atom is -0.399 e. The predicted octanol–water partition coefficient (Wildman–Crippen LogP) is 7.85. The average Bonchev–Trinajstić information content (AvgIpc) is 3.39. The quantitative estimate of drug-likeness (QED) is 0.271. The van der Waals surface area contributed by atoms with Gasteiger partial charge in [0.05, 0.1) is 11.0 Å². The van der Waals surface area contributed by atoms with Crippen molar-refractivity contribution in [3.05, 3.63) is 107 Å². The molecule has 0 amide bonds. The Hall–Kier alpha value is -3.56. The smallest absolute Gasteiger partial charge is 0.0541 e. The number of nitrogens with zero attached hydrogens (tertiary/aromatic N) is 1. The van der Waals surface area contributed by atoms with Gasteiger partial charge in [-0.1, -0.05) is 54.6 Å². The number of anilines is 1. The van der Waals surface area contributed by atoms with Crippen LogP contribution in [-0.4, -0.2) is 4.57 Å². The molecule has 160 valence electrons. The first kappa shape index (κ1) is 19.0. The van der Waals surface area contributed by atoms with Crippen LogP contribution in [0.5, 0.6) is 0 Å². The van der Waals surface area contributed by atoms with Crippen molar-refractivity contribution in [1.29, 1.82) is 0 Å². The molecule has 1 aliphatic carbocycles. The fourth-order valence-corrected chi connectivity index (χ4v) is 7.12. The lowest BCUT2D eigenvalue weighted by Crippen LogP contribution is -2.14. The van der Waals surface area contributed by atoms with E-state index in [9.17, 15) is 0 Å². The molecule has 1 unspecified atom stereocenters. The standard InChI is InChI=1S/C30H24N2S/c31-20-14-16-28(32-26-10-4-1-7-21(26)22-8-2-5-11-27(22)32)25(18-20)19-13-15-24-23-9-3-6-12-29(23)33-30(24)17-19/h1-12,14,16,18-19H,13,15,17,31H2. The highest BCUT2D eigenvalue weighted by Gasteiger charge is 2.27. The van der Waals surface area contributed by atoms with E-state index < -0.39 is 0 Å².